The quantitative estimate of drug-likeness (QED) is 0.618. The van der Waals surface area contributed by atoms with Crippen LogP contribution < -0.4 is 0 Å². The molecule has 0 aliphatic carbocycles. The second-order valence-corrected chi connectivity index (χ2v) is 3.01. The summed E-state index contributed by atoms with van der Waals surface area (Å²) < 4.78 is 9.47. The van der Waals surface area contributed by atoms with Gasteiger partial charge in [0.15, 0.2) is 0 Å². The zero-order valence-corrected chi connectivity index (χ0v) is 7.51. The van der Waals surface area contributed by atoms with Crippen molar-refractivity contribution >= 4 is 12.1 Å². The van der Waals surface area contributed by atoms with E-state index >= 15 is 0 Å². The van der Waals surface area contributed by atoms with Gasteiger partial charge in [0.1, 0.15) is 12.2 Å². The van der Waals surface area contributed by atoms with Gasteiger partial charge in [0.2, 0.25) is 0 Å². The number of aliphatic hydroxyl groups is 1. The van der Waals surface area contributed by atoms with Gasteiger partial charge in [0.25, 0.3) is 0 Å². The highest BCUT2D eigenvalue weighted by molar-refractivity contribution is 5.67. The van der Waals surface area contributed by atoms with Gasteiger partial charge >= 0.3 is 12.1 Å². The number of carboxylic acid groups (broad SMARTS) is 1. The average molecular weight is 204 g/mol. The summed E-state index contributed by atoms with van der Waals surface area (Å²) >= 11 is 0. The van der Waals surface area contributed by atoms with Crippen LogP contribution in [-0.2, 0) is 14.3 Å². The third kappa shape index (κ3) is 2.88. The maximum atomic E-state index is 10.7. The number of rotatable bonds is 5. The Balaban J connectivity index is 2.40. The first kappa shape index (κ1) is 10.8. The van der Waals surface area contributed by atoms with Crippen LogP contribution in [0.3, 0.4) is 0 Å². The Bertz CT molecular complexity index is 226. The summed E-state index contributed by atoms with van der Waals surface area (Å²) in [5, 5.41) is 17.1. The predicted octanol–water partition coefficient (Wildman–Crippen LogP) is 0.138. The summed E-state index contributed by atoms with van der Waals surface area (Å²) in [6, 6.07) is 0. The van der Waals surface area contributed by atoms with E-state index in [1.807, 2.05) is 0 Å². The third-order valence-electron chi connectivity index (χ3n) is 1.97. The highest BCUT2D eigenvalue weighted by Gasteiger charge is 2.35. The highest BCUT2D eigenvalue weighted by Crippen LogP contribution is 2.21. The Hall–Kier alpha value is -1.30. The lowest BCUT2D eigenvalue weighted by atomic mass is 10.1. The molecule has 0 spiro atoms. The summed E-state index contributed by atoms with van der Waals surface area (Å²) in [4.78, 5) is 21.0. The van der Waals surface area contributed by atoms with Crippen LogP contribution in [0.5, 0.6) is 0 Å². The lowest BCUT2D eigenvalue weighted by molar-refractivity contribution is -0.137. The number of carbonyl (C=O) groups excluding carboxylic acids is 1. The van der Waals surface area contributed by atoms with E-state index in [0.717, 1.165) is 0 Å². The summed E-state index contributed by atoms with van der Waals surface area (Å²) in [5.74, 6) is -0.948. The Morgan fingerprint density at radius 1 is 1.29 bits per heavy atom. The molecular weight excluding hydrogens is 192 g/mol. The van der Waals surface area contributed by atoms with Crippen LogP contribution in [0.2, 0.25) is 0 Å². The van der Waals surface area contributed by atoms with Gasteiger partial charge in [-0.2, -0.15) is 0 Å². The minimum atomic E-state index is -0.948. The fraction of sp³-hybridized carbons (Fsp3) is 0.750. The van der Waals surface area contributed by atoms with Crippen LogP contribution in [0.4, 0.5) is 4.79 Å². The van der Waals surface area contributed by atoms with Crippen LogP contribution in [0.25, 0.3) is 0 Å². The Morgan fingerprint density at radius 3 is 2.36 bits per heavy atom. The molecule has 2 unspecified atom stereocenters. The molecule has 14 heavy (non-hydrogen) atoms. The fourth-order valence-corrected chi connectivity index (χ4v) is 1.31. The number of hydrogen-bond acceptors (Lipinski definition) is 5. The Morgan fingerprint density at radius 2 is 1.86 bits per heavy atom. The third-order valence-corrected chi connectivity index (χ3v) is 1.97. The molecule has 2 N–H and O–H groups in total. The summed E-state index contributed by atoms with van der Waals surface area (Å²) in [5.41, 5.74) is 0. The van der Waals surface area contributed by atoms with Crippen molar-refractivity contribution in [3.63, 3.8) is 0 Å². The van der Waals surface area contributed by atoms with Gasteiger partial charge in [-0.05, 0) is 6.42 Å². The molecule has 1 heterocycles. The molecule has 80 valence electrons. The molecule has 0 bridgehead atoms. The summed E-state index contributed by atoms with van der Waals surface area (Å²) in [6.45, 7) is -0.120. The molecule has 0 aromatic rings. The van der Waals surface area contributed by atoms with Crippen LogP contribution >= 0.6 is 0 Å². The van der Waals surface area contributed by atoms with Gasteiger partial charge in [0.05, 0.1) is 0 Å². The lowest BCUT2D eigenvalue weighted by Crippen LogP contribution is -2.24. The molecule has 2 atom stereocenters. The van der Waals surface area contributed by atoms with Gasteiger partial charge in [-0.3, -0.25) is 4.79 Å². The van der Waals surface area contributed by atoms with Crippen molar-refractivity contribution in [2.75, 3.05) is 6.61 Å². The SMILES string of the molecule is O=C(O)CCC1OC(=O)OC1CCO. The van der Waals surface area contributed by atoms with Crippen LogP contribution in [0.1, 0.15) is 19.3 Å². The molecule has 0 aromatic carbocycles. The zero-order chi connectivity index (χ0) is 10.6. The molecule has 1 aliphatic heterocycles. The zero-order valence-electron chi connectivity index (χ0n) is 7.51. The topological polar surface area (TPSA) is 93.1 Å². The number of aliphatic hydroxyl groups excluding tert-OH is 1. The number of cyclic esters (lactones) is 2. The summed E-state index contributed by atoms with van der Waals surface area (Å²) in [6.07, 6.45) is -1.46. The van der Waals surface area contributed by atoms with Crippen LogP contribution in [0, 0.1) is 0 Å². The monoisotopic (exact) mass is 204 g/mol. The van der Waals surface area contributed by atoms with E-state index in [0.29, 0.717) is 0 Å². The highest BCUT2D eigenvalue weighted by atomic mass is 16.8. The summed E-state index contributed by atoms with van der Waals surface area (Å²) in [7, 11) is 0. The number of carboxylic acids is 1. The van der Waals surface area contributed by atoms with Crippen molar-refractivity contribution in [3.8, 4) is 0 Å². The van der Waals surface area contributed by atoms with E-state index in [4.69, 9.17) is 19.7 Å². The molecule has 1 saturated heterocycles. The van der Waals surface area contributed by atoms with E-state index in [9.17, 15) is 9.59 Å². The normalized spacial score (nSPS) is 25.6. The first-order valence-corrected chi connectivity index (χ1v) is 4.33. The van der Waals surface area contributed by atoms with Gasteiger partial charge in [-0.15, -0.1) is 0 Å². The maximum absolute atomic E-state index is 10.7. The second-order valence-electron chi connectivity index (χ2n) is 3.01. The molecule has 6 heteroatoms. The van der Waals surface area contributed by atoms with Gasteiger partial charge < -0.3 is 19.7 Å². The molecule has 0 aromatic heterocycles. The van der Waals surface area contributed by atoms with Crippen molar-refractivity contribution in [2.24, 2.45) is 0 Å². The molecule has 0 radical (unpaired) electrons. The predicted molar refractivity (Wildman–Crippen MR) is 43.7 cm³/mol. The molecule has 0 saturated carbocycles. The molecular formula is C8H12O6. The van der Waals surface area contributed by atoms with Crippen LogP contribution in [-0.4, -0.2) is 41.2 Å². The van der Waals surface area contributed by atoms with Crippen molar-refractivity contribution in [2.45, 2.75) is 31.5 Å². The van der Waals surface area contributed by atoms with E-state index in [-0.39, 0.29) is 25.9 Å². The van der Waals surface area contributed by atoms with Crippen molar-refractivity contribution < 1.29 is 29.3 Å². The maximum Gasteiger partial charge on any atom is 0.509 e. The van der Waals surface area contributed by atoms with E-state index in [2.05, 4.69) is 0 Å². The lowest BCUT2D eigenvalue weighted by Gasteiger charge is -2.12. The smallest absolute Gasteiger partial charge is 0.481 e. The van der Waals surface area contributed by atoms with E-state index in [1.165, 1.54) is 0 Å². The van der Waals surface area contributed by atoms with Gasteiger partial charge in [-0.25, -0.2) is 4.79 Å². The Kier molecular flexibility index (Phi) is 3.70. The second kappa shape index (κ2) is 4.80. The number of ether oxygens (including phenoxy) is 2. The molecule has 6 nitrogen and oxygen atoms in total. The molecule has 1 rings (SSSR count). The molecule has 1 aliphatic rings. The Labute approximate surface area is 80.4 Å². The van der Waals surface area contributed by atoms with Gasteiger partial charge in [-0.1, -0.05) is 0 Å². The number of aliphatic carboxylic acids is 1. The van der Waals surface area contributed by atoms with Crippen molar-refractivity contribution in [1.82, 2.24) is 0 Å². The number of carbonyl (C=O) groups is 2. The van der Waals surface area contributed by atoms with Gasteiger partial charge in [0, 0.05) is 19.4 Å². The minimum absolute atomic E-state index is 0.0801. The first-order chi connectivity index (χ1) is 6.63. The van der Waals surface area contributed by atoms with Crippen LogP contribution in [0.15, 0.2) is 0 Å². The molecule has 0 amide bonds. The first-order valence-electron chi connectivity index (χ1n) is 4.33. The molecule has 1 fully saturated rings. The van der Waals surface area contributed by atoms with Crippen molar-refractivity contribution in [3.05, 3.63) is 0 Å². The van der Waals surface area contributed by atoms with E-state index in [1.54, 1.807) is 0 Å². The fourth-order valence-electron chi connectivity index (χ4n) is 1.31. The number of hydrogen-bond donors (Lipinski definition) is 2. The minimum Gasteiger partial charge on any atom is -0.481 e. The standard InChI is InChI=1S/C8H12O6/c9-4-3-6-5(1-2-7(10)11)13-8(12)14-6/h5-6,9H,1-4H2,(H,10,11). The largest absolute Gasteiger partial charge is 0.509 e. The van der Waals surface area contributed by atoms with E-state index < -0.39 is 24.3 Å². The van der Waals surface area contributed by atoms with Crippen molar-refractivity contribution in [1.29, 1.82) is 0 Å². The average Bonchev–Trinajstić information content (AvgIpc) is 2.44.